The standard InChI is InChI=1S/C16H16BrNO2/c1-11-4-3-5-12(6-11)10-18(2)15-8-13(16(19)20)7-14(17)9-15/h3-9H,10H2,1-2H3,(H,19,20). The summed E-state index contributed by atoms with van der Waals surface area (Å²) in [5, 5.41) is 9.10. The fourth-order valence-corrected chi connectivity index (χ4v) is 2.57. The lowest BCUT2D eigenvalue weighted by Crippen LogP contribution is -2.17. The van der Waals surface area contributed by atoms with Crippen molar-refractivity contribution in [2.45, 2.75) is 13.5 Å². The maximum absolute atomic E-state index is 11.1. The highest BCUT2D eigenvalue weighted by molar-refractivity contribution is 9.10. The van der Waals surface area contributed by atoms with Crippen LogP contribution < -0.4 is 4.90 Å². The van der Waals surface area contributed by atoms with E-state index >= 15 is 0 Å². The van der Waals surface area contributed by atoms with Gasteiger partial charge in [0.05, 0.1) is 5.56 Å². The summed E-state index contributed by atoms with van der Waals surface area (Å²) in [5.74, 6) is -0.920. The van der Waals surface area contributed by atoms with Gasteiger partial charge in [-0.05, 0) is 30.7 Å². The third-order valence-corrected chi connectivity index (χ3v) is 3.53. The van der Waals surface area contributed by atoms with Crippen LogP contribution in [0.3, 0.4) is 0 Å². The number of carboxylic acids is 1. The van der Waals surface area contributed by atoms with Crippen LogP contribution in [0.2, 0.25) is 0 Å². The van der Waals surface area contributed by atoms with Crippen molar-refractivity contribution < 1.29 is 9.90 Å². The first-order chi connectivity index (χ1) is 9.45. The van der Waals surface area contributed by atoms with Crippen LogP contribution >= 0.6 is 15.9 Å². The maximum Gasteiger partial charge on any atom is 0.335 e. The van der Waals surface area contributed by atoms with Gasteiger partial charge in [0.2, 0.25) is 0 Å². The van der Waals surface area contributed by atoms with Gasteiger partial charge in [-0.2, -0.15) is 0 Å². The summed E-state index contributed by atoms with van der Waals surface area (Å²) in [6, 6.07) is 13.5. The second-order valence-electron chi connectivity index (χ2n) is 4.85. The summed E-state index contributed by atoms with van der Waals surface area (Å²) >= 11 is 3.36. The molecule has 0 saturated heterocycles. The smallest absolute Gasteiger partial charge is 0.335 e. The van der Waals surface area contributed by atoms with E-state index in [0.717, 1.165) is 16.7 Å². The number of carboxylic acid groups (broad SMARTS) is 1. The number of aromatic carboxylic acids is 1. The quantitative estimate of drug-likeness (QED) is 0.915. The number of nitrogens with zero attached hydrogens (tertiary/aromatic N) is 1. The molecule has 0 fully saturated rings. The topological polar surface area (TPSA) is 40.5 Å². The lowest BCUT2D eigenvalue weighted by molar-refractivity contribution is 0.0697. The fourth-order valence-electron chi connectivity index (χ4n) is 2.09. The molecule has 0 aliphatic rings. The summed E-state index contributed by atoms with van der Waals surface area (Å²) in [7, 11) is 1.95. The molecule has 0 heterocycles. The average molecular weight is 334 g/mol. The molecule has 2 aromatic rings. The van der Waals surface area contributed by atoms with Crippen molar-refractivity contribution >= 4 is 27.6 Å². The van der Waals surface area contributed by atoms with Crippen LogP contribution in [-0.2, 0) is 6.54 Å². The molecule has 0 amide bonds. The van der Waals surface area contributed by atoms with Gasteiger partial charge < -0.3 is 10.0 Å². The number of hydrogen-bond donors (Lipinski definition) is 1. The van der Waals surface area contributed by atoms with Crippen molar-refractivity contribution in [3.05, 3.63) is 63.6 Å². The molecule has 0 unspecified atom stereocenters. The molecule has 0 bridgehead atoms. The van der Waals surface area contributed by atoms with E-state index in [0.29, 0.717) is 0 Å². The minimum atomic E-state index is -0.920. The lowest BCUT2D eigenvalue weighted by atomic mass is 10.1. The zero-order chi connectivity index (χ0) is 14.7. The van der Waals surface area contributed by atoms with Gasteiger partial charge in [0, 0.05) is 23.8 Å². The molecule has 3 nitrogen and oxygen atoms in total. The molecule has 104 valence electrons. The third-order valence-electron chi connectivity index (χ3n) is 3.07. The predicted octanol–water partition coefficient (Wildman–Crippen LogP) is 4.09. The van der Waals surface area contributed by atoms with E-state index in [1.165, 1.54) is 11.1 Å². The molecule has 2 aromatic carbocycles. The monoisotopic (exact) mass is 333 g/mol. The van der Waals surface area contributed by atoms with Crippen LogP contribution in [0.1, 0.15) is 21.5 Å². The second-order valence-corrected chi connectivity index (χ2v) is 5.76. The summed E-state index contributed by atoms with van der Waals surface area (Å²) in [6.07, 6.45) is 0. The van der Waals surface area contributed by atoms with Gasteiger partial charge in [0.15, 0.2) is 0 Å². The van der Waals surface area contributed by atoms with E-state index in [-0.39, 0.29) is 5.56 Å². The normalized spacial score (nSPS) is 10.3. The summed E-state index contributed by atoms with van der Waals surface area (Å²) in [6.45, 7) is 2.79. The number of aryl methyl sites for hydroxylation is 1. The second kappa shape index (κ2) is 6.09. The zero-order valence-corrected chi connectivity index (χ0v) is 13.0. The number of halogens is 1. The molecule has 0 saturated carbocycles. The van der Waals surface area contributed by atoms with E-state index in [1.807, 2.05) is 24.1 Å². The number of hydrogen-bond acceptors (Lipinski definition) is 2. The minimum Gasteiger partial charge on any atom is -0.478 e. The van der Waals surface area contributed by atoms with Gasteiger partial charge in [-0.3, -0.25) is 0 Å². The van der Waals surface area contributed by atoms with Gasteiger partial charge in [0.25, 0.3) is 0 Å². The van der Waals surface area contributed by atoms with Gasteiger partial charge in [-0.15, -0.1) is 0 Å². The molecule has 0 spiro atoms. The minimum absolute atomic E-state index is 0.283. The Morgan fingerprint density at radius 3 is 2.65 bits per heavy atom. The summed E-state index contributed by atoms with van der Waals surface area (Å²) in [5.41, 5.74) is 3.57. The molecular weight excluding hydrogens is 318 g/mol. The molecule has 0 atom stereocenters. The van der Waals surface area contributed by atoms with Crippen molar-refractivity contribution in [2.24, 2.45) is 0 Å². The Labute approximate surface area is 127 Å². The lowest BCUT2D eigenvalue weighted by Gasteiger charge is -2.20. The van der Waals surface area contributed by atoms with Crippen molar-refractivity contribution in [3.63, 3.8) is 0 Å². The van der Waals surface area contributed by atoms with Crippen LogP contribution in [0.4, 0.5) is 5.69 Å². The first-order valence-electron chi connectivity index (χ1n) is 6.26. The number of anilines is 1. The van der Waals surface area contributed by atoms with Crippen LogP contribution in [0.15, 0.2) is 46.9 Å². The third kappa shape index (κ3) is 3.61. The molecule has 4 heteroatoms. The Kier molecular flexibility index (Phi) is 4.45. The fraction of sp³-hybridized carbons (Fsp3) is 0.188. The molecule has 0 aliphatic carbocycles. The highest BCUT2D eigenvalue weighted by Crippen LogP contribution is 2.23. The van der Waals surface area contributed by atoms with Crippen LogP contribution in [0.25, 0.3) is 0 Å². The van der Waals surface area contributed by atoms with Crippen LogP contribution in [0, 0.1) is 6.92 Å². The van der Waals surface area contributed by atoms with Crippen molar-refractivity contribution in [3.8, 4) is 0 Å². The molecule has 0 aromatic heterocycles. The largest absolute Gasteiger partial charge is 0.478 e. The Bertz CT molecular complexity index is 640. The van der Waals surface area contributed by atoms with Crippen molar-refractivity contribution in [2.75, 3.05) is 11.9 Å². The van der Waals surface area contributed by atoms with E-state index in [4.69, 9.17) is 5.11 Å². The van der Waals surface area contributed by atoms with Crippen molar-refractivity contribution in [1.82, 2.24) is 0 Å². The molecular formula is C16H16BrNO2. The van der Waals surface area contributed by atoms with Crippen LogP contribution in [-0.4, -0.2) is 18.1 Å². The van der Waals surface area contributed by atoms with Crippen molar-refractivity contribution in [1.29, 1.82) is 0 Å². The summed E-state index contributed by atoms with van der Waals surface area (Å²) < 4.78 is 0.767. The van der Waals surface area contributed by atoms with E-state index in [9.17, 15) is 4.79 Å². The molecule has 1 N–H and O–H groups in total. The van der Waals surface area contributed by atoms with E-state index in [1.54, 1.807) is 12.1 Å². The SMILES string of the molecule is Cc1cccc(CN(C)c2cc(Br)cc(C(=O)O)c2)c1. The molecule has 0 radical (unpaired) electrons. The number of benzene rings is 2. The Hall–Kier alpha value is -1.81. The first kappa shape index (κ1) is 14.6. The van der Waals surface area contributed by atoms with Crippen LogP contribution in [0.5, 0.6) is 0 Å². The number of carbonyl (C=O) groups is 1. The van der Waals surface area contributed by atoms with Gasteiger partial charge >= 0.3 is 5.97 Å². The maximum atomic E-state index is 11.1. The first-order valence-corrected chi connectivity index (χ1v) is 7.05. The van der Waals surface area contributed by atoms with Gasteiger partial charge in [-0.1, -0.05) is 45.8 Å². The molecule has 0 aliphatic heterocycles. The Morgan fingerprint density at radius 1 is 1.25 bits per heavy atom. The van der Waals surface area contributed by atoms with Gasteiger partial charge in [-0.25, -0.2) is 4.79 Å². The highest BCUT2D eigenvalue weighted by Gasteiger charge is 2.09. The van der Waals surface area contributed by atoms with E-state index < -0.39 is 5.97 Å². The van der Waals surface area contributed by atoms with E-state index in [2.05, 4.69) is 41.1 Å². The predicted molar refractivity (Wildman–Crippen MR) is 84.4 cm³/mol. The Morgan fingerprint density at radius 2 is 2.00 bits per heavy atom. The molecule has 20 heavy (non-hydrogen) atoms. The summed E-state index contributed by atoms with van der Waals surface area (Å²) in [4.78, 5) is 13.1. The number of rotatable bonds is 4. The Balaban J connectivity index is 2.25. The zero-order valence-electron chi connectivity index (χ0n) is 11.4. The van der Waals surface area contributed by atoms with Gasteiger partial charge in [0.1, 0.15) is 0 Å². The molecule has 2 rings (SSSR count). The average Bonchev–Trinajstić information content (AvgIpc) is 2.37. The highest BCUT2D eigenvalue weighted by atomic mass is 79.9.